The molecule has 0 saturated carbocycles. The van der Waals surface area contributed by atoms with E-state index in [-0.39, 0.29) is 24.3 Å². The molecular weight excluding hydrogens is 329 g/mol. The molecule has 0 radical (unpaired) electrons. The Morgan fingerprint density at radius 3 is 2.67 bits per heavy atom. The number of aliphatic imine (C=N–C) groups is 1. The molecule has 2 atom stereocenters. The zero-order valence-electron chi connectivity index (χ0n) is 12.5. The highest BCUT2D eigenvalue weighted by atomic mass is 19.4. The summed E-state index contributed by atoms with van der Waals surface area (Å²) in [6.07, 6.45) is -4.67. The van der Waals surface area contributed by atoms with Gasteiger partial charge in [0.25, 0.3) is 0 Å². The van der Waals surface area contributed by atoms with Gasteiger partial charge in [0.15, 0.2) is 11.7 Å². The number of rotatable bonds is 5. The molecule has 1 heterocycles. The molecule has 1 saturated heterocycles. The summed E-state index contributed by atoms with van der Waals surface area (Å²) >= 11 is 0. The quantitative estimate of drug-likeness (QED) is 0.550. The Labute approximate surface area is 135 Å². The number of nitrogens with one attached hydrogen (secondary N) is 1. The summed E-state index contributed by atoms with van der Waals surface area (Å²) in [7, 11) is 0. The highest BCUT2D eigenvalue weighted by molar-refractivity contribution is 5.93. The molecule has 24 heavy (non-hydrogen) atoms. The van der Waals surface area contributed by atoms with Crippen LogP contribution in [0.2, 0.25) is 0 Å². The van der Waals surface area contributed by atoms with Crippen molar-refractivity contribution in [3.8, 4) is 5.75 Å². The molecule has 1 aromatic carbocycles. The second kappa shape index (κ2) is 7.39. The Hall–Kier alpha value is -2.49. The summed E-state index contributed by atoms with van der Waals surface area (Å²) in [5, 5.41) is 2.55. The molecule has 1 aliphatic rings. The number of guanidine groups is 1. The number of benzene rings is 1. The smallest absolute Gasteiger partial charge is 0.404 e. The van der Waals surface area contributed by atoms with Gasteiger partial charge in [-0.1, -0.05) is 12.1 Å². The molecule has 2 unspecified atom stereocenters. The predicted molar refractivity (Wildman–Crippen MR) is 80.3 cm³/mol. The fraction of sp³-hybridized carbons (Fsp3) is 0.429. The van der Waals surface area contributed by atoms with Gasteiger partial charge in [-0.05, 0) is 25.0 Å². The number of anilines is 1. The number of carbonyl (C=O) groups is 1. The minimum absolute atomic E-state index is 0.0263. The number of hydrogen-bond acceptors (Lipinski definition) is 4. The van der Waals surface area contributed by atoms with Crippen LogP contribution in [-0.2, 0) is 9.53 Å². The highest BCUT2D eigenvalue weighted by Crippen LogP contribution is 2.29. The summed E-state index contributed by atoms with van der Waals surface area (Å²) in [4.78, 5) is 15.0. The molecular formula is C14H17F3N4O3. The summed E-state index contributed by atoms with van der Waals surface area (Å²) in [5.41, 5.74) is 10.8. The molecule has 0 bridgehead atoms. The Balaban J connectivity index is 1.95. The number of carbonyl (C=O) groups excluding carboxylic acids is 1. The van der Waals surface area contributed by atoms with E-state index in [1.54, 1.807) is 0 Å². The summed E-state index contributed by atoms with van der Waals surface area (Å²) in [5.74, 6) is -1.06. The molecule has 1 aromatic rings. The Kier molecular flexibility index (Phi) is 5.50. The number of ether oxygens (including phenoxy) is 2. The van der Waals surface area contributed by atoms with Gasteiger partial charge in [0, 0.05) is 0 Å². The van der Waals surface area contributed by atoms with Crippen LogP contribution in [0.15, 0.2) is 29.3 Å². The van der Waals surface area contributed by atoms with Crippen LogP contribution in [0.25, 0.3) is 0 Å². The number of amides is 1. The molecule has 1 aliphatic heterocycles. The topological polar surface area (TPSA) is 112 Å². The second-order valence-electron chi connectivity index (χ2n) is 5.12. The van der Waals surface area contributed by atoms with E-state index in [4.69, 9.17) is 16.2 Å². The van der Waals surface area contributed by atoms with Gasteiger partial charge in [-0.3, -0.25) is 9.79 Å². The van der Waals surface area contributed by atoms with E-state index in [9.17, 15) is 18.0 Å². The Morgan fingerprint density at radius 1 is 1.33 bits per heavy atom. The van der Waals surface area contributed by atoms with Crippen molar-refractivity contribution in [2.24, 2.45) is 16.5 Å². The van der Waals surface area contributed by atoms with E-state index in [1.807, 2.05) is 0 Å². The van der Waals surface area contributed by atoms with Crippen molar-refractivity contribution in [3.05, 3.63) is 24.3 Å². The van der Waals surface area contributed by atoms with E-state index in [0.29, 0.717) is 12.8 Å². The number of para-hydroxylation sites is 2. The first-order chi connectivity index (χ1) is 11.2. The third kappa shape index (κ3) is 5.30. The van der Waals surface area contributed by atoms with Crippen LogP contribution in [-0.4, -0.2) is 37.0 Å². The van der Waals surface area contributed by atoms with Crippen LogP contribution in [0.1, 0.15) is 12.8 Å². The van der Waals surface area contributed by atoms with Gasteiger partial charge in [-0.15, -0.1) is 13.2 Å². The van der Waals surface area contributed by atoms with Crippen molar-refractivity contribution in [1.29, 1.82) is 0 Å². The number of primary amides is 1. The SMILES string of the molecule is NC(=O)C1CCC(CN=C(N)Nc2ccccc2OC(F)(F)F)O1. The lowest BCUT2D eigenvalue weighted by Gasteiger charge is -2.14. The van der Waals surface area contributed by atoms with Crippen molar-refractivity contribution in [2.45, 2.75) is 31.4 Å². The molecule has 132 valence electrons. The fourth-order valence-corrected chi connectivity index (χ4v) is 2.21. The minimum atomic E-state index is -4.81. The number of hydrogen-bond donors (Lipinski definition) is 3. The van der Waals surface area contributed by atoms with Gasteiger partial charge in [0.2, 0.25) is 5.91 Å². The molecule has 5 N–H and O–H groups in total. The number of alkyl halides is 3. The second-order valence-corrected chi connectivity index (χ2v) is 5.12. The van der Waals surface area contributed by atoms with Crippen LogP contribution in [0, 0.1) is 0 Å². The van der Waals surface area contributed by atoms with Crippen molar-refractivity contribution < 1.29 is 27.4 Å². The lowest BCUT2D eigenvalue weighted by atomic mass is 10.2. The largest absolute Gasteiger partial charge is 0.573 e. The van der Waals surface area contributed by atoms with Gasteiger partial charge in [-0.2, -0.15) is 0 Å². The van der Waals surface area contributed by atoms with Gasteiger partial charge in [0.1, 0.15) is 6.10 Å². The molecule has 1 fully saturated rings. The standard InChI is InChI=1S/C14H17F3N4O3/c15-14(16,17)24-10-4-2-1-3-9(10)21-13(19)20-7-8-5-6-11(23-8)12(18)22/h1-4,8,11H,5-7H2,(H2,18,22)(H3,19,20,21). The first-order valence-electron chi connectivity index (χ1n) is 7.11. The first-order valence-corrected chi connectivity index (χ1v) is 7.11. The molecule has 2 rings (SSSR count). The first kappa shape index (κ1) is 17.9. The van der Waals surface area contributed by atoms with Crippen molar-refractivity contribution in [3.63, 3.8) is 0 Å². The monoisotopic (exact) mass is 346 g/mol. The van der Waals surface area contributed by atoms with Crippen LogP contribution >= 0.6 is 0 Å². The molecule has 0 aliphatic carbocycles. The highest BCUT2D eigenvalue weighted by Gasteiger charge is 2.32. The normalized spacial score (nSPS) is 21.5. The zero-order chi connectivity index (χ0) is 17.7. The zero-order valence-corrected chi connectivity index (χ0v) is 12.5. The summed E-state index contributed by atoms with van der Waals surface area (Å²) < 4.78 is 46.3. The van der Waals surface area contributed by atoms with Gasteiger partial charge in [0.05, 0.1) is 18.3 Å². The van der Waals surface area contributed by atoms with Crippen LogP contribution in [0.4, 0.5) is 18.9 Å². The van der Waals surface area contributed by atoms with Crippen LogP contribution in [0.3, 0.4) is 0 Å². The average Bonchev–Trinajstić information content (AvgIpc) is 2.95. The number of halogens is 3. The molecule has 10 heteroatoms. The molecule has 1 amide bonds. The predicted octanol–water partition coefficient (Wildman–Crippen LogP) is 1.34. The average molecular weight is 346 g/mol. The van der Waals surface area contributed by atoms with Crippen LogP contribution in [0.5, 0.6) is 5.75 Å². The van der Waals surface area contributed by atoms with E-state index in [2.05, 4.69) is 15.0 Å². The lowest BCUT2D eigenvalue weighted by Crippen LogP contribution is -2.29. The molecule has 7 nitrogen and oxygen atoms in total. The fourth-order valence-electron chi connectivity index (χ4n) is 2.21. The maximum Gasteiger partial charge on any atom is 0.573 e. The Bertz CT molecular complexity index is 622. The van der Waals surface area contributed by atoms with Crippen molar-refractivity contribution >= 4 is 17.6 Å². The van der Waals surface area contributed by atoms with E-state index in [1.165, 1.54) is 18.2 Å². The lowest BCUT2D eigenvalue weighted by molar-refractivity contribution is -0.274. The van der Waals surface area contributed by atoms with Crippen LogP contribution < -0.4 is 21.5 Å². The third-order valence-corrected chi connectivity index (χ3v) is 3.27. The Morgan fingerprint density at radius 2 is 2.04 bits per heavy atom. The van der Waals surface area contributed by atoms with Crippen molar-refractivity contribution in [1.82, 2.24) is 0 Å². The maximum atomic E-state index is 12.3. The van der Waals surface area contributed by atoms with Gasteiger partial charge < -0.3 is 26.3 Å². The minimum Gasteiger partial charge on any atom is -0.404 e. The molecule has 0 aromatic heterocycles. The van der Waals surface area contributed by atoms with E-state index in [0.717, 1.165) is 6.07 Å². The number of nitrogens with two attached hydrogens (primary N) is 2. The number of nitrogens with zero attached hydrogens (tertiary/aromatic N) is 1. The summed E-state index contributed by atoms with van der Waals surface area (Å²) in [6.45, 7) is 0.158. The van der Waals surface area contributed by atoms with E-state index >= 15 is 0 Å². The maximum absolute atomic E-state index is 12.3. The molecule has 0 spiro atoms. The van der Waals surface area contributed by atoms with Gasteiger partial charge >= 0.3 is 6.36 Å². The van der Waals surface area contributed by atoms with Gasteiger partial charge in [-0.25, -0.2) is 0 Å². The third-order valence-electron chi connectivity index (χ3n) is 3.27. The van der Waals surface area contributed by atoms with Crippen molar-refractivity contribution in [2.75, 3.05) is 11.9 Å². The van der Waals surface area contributed by atoms with E-state index < -0.39 is 24.1 Å². The summed E-state index contributed by atoms with van der Waals surface area (Å²) in [6, 6.07) is 5.45.